The van der Waals surface area contributed by atoms with Gasteiger partial charge < -0.3 is 9.88 Å². The standard InChI is InChI=1S/C15H23N3O/c19-15(10-14-9-12-2-3-13(14)8-12)17-4-1-6-18-7-5-16-11-18/h5,7,11-14H,1-4,6,8-10H2,(H,17,19). The lowest BCUT2D eigenvalue weighted by Crippen LogP contribution is -2.28. The van der Waals surface area contributed by atoms with Crippen LogP contribution in [0.25, 0.3) is 0 Å². The minimum atomic E-state index is 0.253. The largest absolute Gasteiger partial charge is 0.356 e. The lowest BCUT2D eigenvalue weighted by atomic mass is 9.86. The normalized spacial score (nSPS) is 28.7. The molecule has 1 aromatic heterocycles. The summed E-state index contributed by atoms with van der Waals surface area (Å²) in [5.74, 6) is 2.71. The number of hydrogen-bond acceptors (Lipinski definition) is 2. The van der Waals surface area contributed by atoms with Crippen LogP contribution < -0.4 is 5.32 Å². The summed E-state index contributed by atoms with van der Waals surface area (Å²) in [5, 5.41) is 3.06. The molecular weight excluding hydrogens is 238 g/mol. The number of carbonyl (C=O) groups excluding carboxylic acids is 1. The third-order valence-corrected chi connectivity index (χ3v) is 4.81. The lowest BCUT2D eigenvalue weighted by molar-refractivity contribution is -0.122. The summed E-state index contributed by atoms with van der Waals surface area (Å²) in [5.41, 5.74) is 0. The molecule has 0 radical (unpaired) electrons. The fourth-order valence-electron chi connectivity index (χ4n) is 3.85. The number of carbonyl (C=O) groups is 1. The molecule has 2 aliphatic rings. The highest BCUT2D eigenvalue weighted by Gasteiger charge is 2.39. The second-order valence-electron chi connectivity index (χ2n) is 6.14. The third kappa shape index (κ3) is 3.17. The Balaban J connectivity index is 1.31. The van der Waals surface area contributed by atoms with E-state index in [0.717, 1.165) is 37.8 Å². The van der Waals surface area contributed by atoms with Gasteiger partial charge >= 0.3 is 0 Å². The second-order valence-corrected chi connectivity index (χ2v) is 6.14. The molecule has 4 heteroatoms. The first kappa shape index (κ1) is 12.7. The summed E-state index contributed by atoms with van der Waals surface area (Å²) in [6.45, 7) is 1.70. The van der Waals surface area contributed by atoms with Crippen molar-refractivity contribution in [1.29, 1.82) is 0 Å². The van der Waals surface area contributed by atoms with Crippen molar-refractivity contribution < 1.29 is 4.79 Å². The van der Waals surface area contributed by atoms with Gasteiger partial charge in [-0.2, -0.15) is 0 Å². The minimum absolute atomic E-state index is 0.253. The summed E-state index contributed by atoms with van der Waals surface area (Å²) in [6.07, 6.45) is 12.7. The highest BCUT2D eigenvalue weighted by molar-refractivity contribution is 5.76. The average molecular weight is 261 g/mol. The minimum Gasteiger partial charge on any atom is -0.356 e. The Labute approximate surface area is 114 Å². The Bertz CT molecular complexity index is 415. The molecule has 2 saturated carbocycles. The molecule has 1 N–H and O–H groups in total. The first-order chi connectivity index (χ1) is 9.31. The molecule has 1 amide bonds. The molecule has 2 bridgehead atoms. The highest BCUT2D eigenvalue weighted by Crippen LogP contribution is 2.49. The highest BCUT2D eigenvalue weighted by atomic mass is 16.1. The van der Waals surface area contributed by atoms with Gasteiger partial charge in [-0.25, -0.2) is 4.98 Å². The summed E-state index contributed by atoms with van der Waals surface area (Å²) in [7, 11) is 0. The number of fused-ring (bicyclic) bond motifs is 2. The molecule has 3 unspecified atom stereocenters. The van der Waals surface area contributed by atoms with E-state index in [2.05, 4.69) is 10.3 Å². The van der Waals surface area contributed by atoms with E-state index < -0.39 is 0 Å². The number of rotatable bonds is 6. The SMILES string of the molecule is O=C(CC1CC2CCC1C2)NCCCn1ccnc1. The predicted molar refractivity (Wildman–Crippen MR) is 73.4 cm³/mol. The third-order valence-electron chi connectivity index (χ3n) is 4.81. The summed E-state index contributed by atoms with van der Waals surface area (Å²) in [6, 6.07) is 0. The average Bonchev–Trinajstić information content (AvgIpc) is 3.11. The molecule has 4 nitrogen and oxygen atoms in total. The van der Waals surface area contributed by atoms with Crippen LogP contribution in [0.1, 0.15) is 38.5 Å². The number of imidazole rings is 1. The number of aromatic nitrogens is 2. The number of nitrogens with zero attached hydrogens (tertiary/aromatic N) is 2. The van der Waals surface area contributed by atoms with Gasteiger partial charge in [-0.1, -0.05) is 6.42 Å². The van der Waals surface area contributed by atoms with Crippen molar-refractivity contribution in [2.45, 2.75) is 45.1 Å². The molecule has 104 valence electrons. The Morgan fingerprint density at radius 3 is 3.00 bits per heavy atom. The van der Waals surface area contributed by atoms with Gasteiger partial charge in [0.1, 0.15) is 0 Å². The van der Waals surface area contributed by atoms with Gasteiger partial charge in [0.2, 0.25) is 5.91 Å². The van der Waals surface area contributed by atoms with Crippen LogP contribution in [0.15, 0.2) is 18.7 Å². The molecule has 2 fully saturated rings. The maximum atomic E-state index is 11.9. The van der Waals surface area contributed by atoms with Gasteiger partial charge in [-0.15, -0.1) is 0 Å². The molecule has 19 heavy (non-hydrogen) atoms. The maximum Gasteiger partial charge on any atom is 0.220 e. The fraction of sp³-hybridized carbons (Fsp3) is 0.733. The van der Waals surface area contributed by atoms with Gasteiger partial charge in [0, 0.05) is 31.9 Å². The molecule has 1 heterocycles. The summed E-state index contributed by atoms with van der Waals surface area (Å²) in [4.78, 5) is 15.9. The number of nitrogens with one attached hydrogen (secondary N) is 1. The molecule has 3 rings (SSSR count). The van der Waals surface area contributed by atoms with Crippen LogP contribution in [0.5, 0.6) is 0 Å². The van der Waals surface area contributed by atoms with Gasteiger partial charge in [0.25, 0.3) is 0 Å². The maximum absolute atomic E-state index is 11.9. The van der Waals surface area contributed by atoms with E-state index in [1.165, 1.54) is 25.7 Å². The van der Waals surface area contributed by atoms with E-state index in [1.54, 1.807) is 6.20 Å². The van der Waals surface area contributed by atoms with Crippen LogP contribution in [0.2, 0.25) is 0 Å². The van der Waals surface area contributed by atoms with Crippen LogP contribution >= 0.6 is 0 Å². The fourth-order valence-corrected chi connectivity index (χ4v) is 3.85. The zero-order valence-electron chi connectivity index (χ0n) is 11.4. The van der Waals surface area contributed by atoms with Crippen LogP contribution in [0.4, 0.5) is 0 Å². The van der Waals surface area contributed by atoms with E-state index in [0.29, 0.717) is 5.92 Å². The van der Waals surface area contributed by atoms with Gasteiger partial charge in [-0.3, -0.25) is 4.79 Å². The second kappa shape index (κ2) is 5.76. The Hall–Kier alpha value is -1.32. The monoisotopic (exact) mass is 261 g/mol. The molecule has 3 atom stereocenters. The zero-order chi connectivity index (χ0) is 13.1. The zero-order valence-corrected chi connectivity index (χ0v) is 11.4. The Morgan fingerprint density at radius 1 is 1.37 bits per heavy atom. The van der Waals surface area contributed by atoms with E-state index in [9.17, 15) is 4.79 Å². The molecule has 1 aromatic rings. The predicted octanol–water partition coefficient (Wildman–Crippen LogP) is 2.22. The molecule has 0 saturated heterocycles. The number of amides is 1. The Kier molecular flexibility index (Phi) is 3.85. The van der Waals surface area contributed by atoms with Crippen molar-refractivity contribution in [2.24, 2.45) is 17.8 Å². The molecular formula is C15H23N3O. The topological polar surface area (TPSA) is 46.9 Å². The van der Waals surface area contributed by atoms with Gasteiger partial charge in [-0.05, 0) is 43.4 Å². The summed E-state index contributed by atoms with van der Waals surface area (Å²) < 4.78 is 2.04. The van der Waals surface area contributed by atoms with Crippen LogP contribution in [0.3, 0.4) is 0 Å². The van der Waals surface area contributed by atoms with Crippen LogP contribution in [-0.4, -0.2) is 22.0 Å². The van der Waals surface area contributed by atoms with Crippen molar-refractivity contribution in [1.82, 2.24) is 14.9 Å². The lowest BCUT2D eigenvalue weighted by Gasteiger charge is -2.20. The van der Waals surface area contributed by atoms with Crippen molar-refractivity contribution >= 4 is 5.91 Å². The van der Waals surface area contributed by atoms with E-state index in [-0.39, 0.29) is 5.91 Å². The molecule has 0 spiro atoms. The molecule has 2 aliphatic carbocycles. The van der Waals surface area contributed by atoms with Gasteiger partial charge in [0.15, 0.2) is 0 Å². The van der Waals surface area contributed by atoms with E-state index in [4.69, 9.17) is 0 Å². The van der Waals surface area contributed by atoms with Crippen molar-refractivity contribution in [3.63, 3.8) is 0 Å². The van der Waals surface area contributed by atoms with Gasteiger partial charge in [0.05, 0.1) is 6.33 Å². The molecule has 0 aromatic carbocycles. The van der Waals surface area contributed by atoms with Crippen LogP contribution in [0, 0.1) is 17.8 Å². The van der Waals surface area contributed by atoms with Crippen molar-refractivity contribution in [2.75, 3.05) is 6.54 Å². The van der Waals surface area contributed by atoms with Crippen molar-refractivity contribution in [3.8, 4) is 0 Å². The molecule has 0 aliphatic heterocycles. The van der Waals surface area contributed by atoms with E-state index >= 15 is 0 Å². The van der Waals surface area contributed by atoms with E-state index in [1.807, 2.05) is 17.1 Å². The van der Waals surface area contributed by atoms with Crippen molar-refractivity contribution in [3.05, 3.63) is 18.7 Å². The Morgan fingerprint density at radius 2 is 2.32 bits per heavy atom. The first-order valence-corrected chi connectivity index (χ1v) is 7.53. The first-order valence-electron chi connectivity index (χ1n) is 7.53. The number of hydrogen-bond donors (Lipinski definition) is 1. The van der Waals surface area contributed by atoms with Crippen LogP contribution in [-0.2, 0) is 11.3 Å². The quantitative estimate of drug-likeness (QED) is 0.798. The summed E-state index contributed by atoms with van der Waals surface area (Å²) >= 11 is 0. The number of aryl methyl sites for hydroxylation is 1. The smallest absolute Gasteiger partial charge is 0.220 e.